The molecule has 0 radical (unpaired) electrons. The fraction of sp³-hybridized carbons (Fsp3) is 0.438. The van der Waals surface area contributed by atoms with Crippen LogP contribution in [0.4, 0.5) is 0 Å². The summed E-state index contributed by atoms with van der Waals surface area (Å²) < 4.78 is 1.02. The first-order valence-corrected chi connectivity index (χ1v) is 16.2. The smallest absolute Gasteiger partial charge is 0.270 e. The normalized spacial score (nSPS) is 13.7. The Labute approximate surface area is 250 Å². The SMILES string of the molecule is CCN(CC)C(=O)c1cc2cc(Br)ccc2[nH]1.CCN(CC)C(=O)c1cc2cc(SC3CCCCC3)ccc2[nH]1. The molecule has 0 unspecified atom stereocenters. The topological polar surface area (TPSA) is 72.2 Å². The number of thioether (sulfide) groups is 1. The maximum Gasteiger partial charge on any atom is 0.270 e. The Hall–Kier alpha value is -2.71. The van der Waals surface area contributed by atoms with E-state index in [1.54, 1.807) is 4.90 Å². The lowest BCUT2D eigenvalue weighted by Crippen LogP contribution is -2.30. The van der Waals surface area contributed by atoms with Gasteiger partial charge < -0.3 is 19.8 Å². The lowest BCUT2D eigenvalue weighted by Gasteiger charge is -2.20. The van der Waals surface area contributed by atoms with Crippen molar-refractivity contribution in [2.45, 2.75) is 69.9 Å². The first-order chi connectivity index (χ1) is 19.4. The van der Waals surface area contributed by atoms with Gasteiger partial charge in [-0.25, -0.2) is 0 Å². The van der Waals surface area contributed by atoms with Crippen LogP contribution in [0.1, 0.15) is 80.8 Å². The number of carbonyl (C=O) groups is 2. The molecule has 2 aromatic carbocycles. The van der Waals surface area contributed by atoms with Crippen LogP contribution in [0.2, 0.25) is 0 Å². The van der Waals surface area contributed by atoms with E-state index in [0.29, 0.717) is 11.4 Å². The van der Waals surface area contributed by atoms with Gasteiger partial charge in [-0.2, -0.15) is 0 Å². The molecule has 0 spiro atoms. The molecule has 8 heteroatoms. The van der Waals surface area contributed by atoms with Crippen molar-refractivity contribution in [2.75, 3.05) is 26.2 Å². The number of hydrogen-bond acceptors (Lipinski definition) is 3. The first kappa shape index (κ1) is 30.3. The van der Waals surface area contributed by atoms with E-state index in [2.05, 4.69) is 44.1 Å². The van der Waals surface area contributed by atoms with Gasteiger partial charge in [0.25, 0.3) is 11.8 Å². The van der Waals surface area contributed by atoms with Crippen LogP contribution in [0, 0.1) is 0 Å². The Bertz CT molecular complexity index is 1430. The van der Waals surface area contributed by atoms with Gasteiger partial charge in [0.05, 0.1) is 0 Å². The molecule has 2 aromatic heterocycles. The van der Waals surface area contributed by atoms with Crippen LogP contribution in [0.3, 0.4) is 0 Å². The second-order valence-electron chi connectivity index (χ2n) is 10.2. The van der Waals surface area contributed by atoms with Gasteiger partial charge in [0.15, 0.2) is 0 Å². The minimum atomic E-state index is 0.0577. The average Bonchev–Trinajstić information content (AvgIpc) is 3.59. The molecule has 2 amide bonds. The summed E-state index contributed by atoms with van der Waals surface area (Å²) in [6.45, 7) is 11.0. The average molecular weight is 626 g/mol. The van der Waals surface area contributed by atoms with Crippen molar-refractivity contribution in [2.24, 2.45) is 0 Å². The summed E-state index contributed by atoms with van der Waals surface area (Å²) in [7, 11) is 0. The Morgan fingerprint density at radius 3 is 1.77 bits per heavy atom. The number of rotatable bonds is 8. The third-order valence-corrected chi connectivity index (χ3v) is 9.42. The fourth-order valence-electron chi connectivity index (χ4n) is 5.26. The summed E-state index contributed by atoms with van der Waals surface area (Å²) in [5.74, 6) is 0.148. The zero-order chi connectivity index (χ0) is 28.6. The van der Waals surface area contributed by atoms with Gasteiger partial charge >= 0.3 is 0 Å². The summed E-state index contributed by atoms with van der Waals surface area (Å²) in [6.07, 6.45) is 6.80. The van der Waals surface area contributed by atoms with Gasteiger partial charge in [-0.05, 0) is 89.1 Å². The minimum Gasteiger partial charge on any atom is -0.351 e. The molecule has 2 N–H and O–H groups in total. The maximum absolute atomic E-state index is 12.5. The van der Waals surface area contributed by atoms with Crippen LogP contribution in [0.25, 0.3) is 21.8 Å². The predicted molar refractivity (Wildman–Crippen MR) is 172 cm³/mol. The number of halogens is 1. The lowest BCUT2D eigenvalue weighted by atomic mass is 10.0. The number of nitrogens with zero attached hydrogens (tertiary/aromatic N) is 2. The molecule has 1 aliphatic rings. The highest BCUT2D eigenvalue weighted by Crippen LogP contribution is 2.35. The van der Waals surface area contributed by atoms with Crippen LogP contribution < -0.4 is 0 Å². The summed E-state index contributed by atoms with van der Waals surface area (Å²) in [5, 5.41) is 2.95. The van der Waals surface area contributed by atoms with E-state index >= 15 is 0 Å². The molecule has 5 rings (SSSR count). The highest BCUT2D eigenvalue weighted by Gasteiger charge is 2.18. The number of aromatic nitrogens is 2. The monoisotopic (exact) mass is 624 g/mol. The molecule has 6 nitrogen and oxygen atoms in total. The highest BCUT2D eigenvalue weighted by molar-refractivity contribution is 9.10. The third kappa shape index (κ3) is 7.32. The number of hydrogen-bond donors (Lipinski definition) is 2. The van der Waals surface area contributed by atoms with E-state index in [9.17, 15) is 9.59 Å². The van der Waals surface area contributed by atoms with Crippen molar-refractivity contribution in [1.29, 1.82) is 0 Å². The molecule has 0 saturated heterocycles. The number of carbonyl (C=O) groups excluding carboxylic acids is 2. The number of fused-ring (bicyclic) bond motifs is 2. The number of nitrogens with one attached hydrogen (secondary N) is 2. The van der Waals surface area contributed by atoms with E-state index < -0.39 is 0 Å². The van der Waals surface area contributed by atoms with Crippen LogP contribution in [-0.2, 0) is 0 Å². The minimum absolute atomic E-state index is 0.0577. The molecular formula is C32H41BrN4O2S. The molecule has 214 valence electrons. The molecule has 0 aliphatic heterocycles. The van der Waals surface area contributed by atoms with Gasteiger partial charge in [0, 0.05) is 62.6 Å². The molecule has 2 heterocycles. The van der Waals surface area contributed by atoms with Gasteiger partial charge in [-0.3, -0.25) is 9.59 Å². The Kier molecular flexibility index (Phi) is 10.8. The van der Waals surface area contributed by atoms with Crippen LogP contribution in [-0.4, -0.2) is 63.0 Å². The third-order valence-electron chi connectivity index (χ3n) is 7.59. The van der Waals surface area contributed by atoms with Crippen molar-refractivity contribution in [1.82, 2.24) is 19.8 Å². The second-order valence-corrected chi connectivity index (χ2v) is 12.5. The van der Waals surface area contributed by atoms with Crippen LogP contribution >= 0.6 is 27.7 Å². The number of amides is 2. The van der Waals surface area contributed by atoms with E-state index in [4.69, 9.17) is 0 Å². The van der Waals surface area contributed by atoms with Crippen molar-refractivity contribution in [3.8, 4) is 0 Å². The van der Waals surface area contributed by atoms with Crippen molar-refractivity contribution >= 4 is 61.3 Å². The van der Waals surface area contributed by atoms with E-state index in [1.807, 2.05) is 74.7 Å². The van der Waals surface area contributed by atoms with Gasteiger partial charge in [0.2, 0.25) is 0 Å². The molecule has 1 aliphatic carbocycles. The molecular weight excluding hydrogens is 584 g/mol. The molecule has 4 aromatic rings. The molecule has 0 atom stereocenters. The molecule has 40 heavy (non-hydrogen) atoms. The van der Waals surface area contributed by atoms with E-state index in [1.165, 1.54) is 37.0 Å². The van der Waals surface area contributed by atoms with Gasteiger partial charge in [-0.1, -0.05) is 35.2 Å². The van der Waals surface area contributed by atoms with Gasteiger partial charge in [-0.15, -0.1) is 11.8 Å². The second kappa shape index (κ2) is 14.3. The summed E-state index contributed by atoms with van der Waals surface area (Å²) in [5.41, 5.74) is 3.39. The highest BCUT2D eigenvalue weighted by atomic mass is 79.9. The number of benzene rings is 2. The van der Waals surface area contributed by atoms with Crippen LogP contribution in [0.15, 0.2) is 57.9 Å². The van der Waals surface area contributed by atoms with Crippen LogP contribution in [0.5, 0.6) is 0 Å². The quantitative estimate of drug-likeness (QED) is 0.206. The molecule has 1 fully saturated rings. The number of aromatic amines is 2. The Balaban J connectivity index is 0.000000194. The summed E-state index contributed by atoms with van der Waals surface area (Å²) in [4.78, 5) is 36.0. The summed E-state index contributed by atoms with van der Waals surface area (Å²) in [6, 6.07) is 16.4. The first-order valence-electron chi connectivity index (χ1n) is 14.5. The summed E-state index contributed by atoms with van der Waals surface area (Å²) >= 11 is 5.43. The van der Waals surface area contributed by atoms with E-state index in [-0.39, 0.29) is 11.8 Å². The van der Waals surface area contributed by atoms with Crippen molar-refractivity contribution in [3.05, 3.63) is 64.4 Å². The largest absolute Gasteiger partial charge is 0.351 e. The zero-order valence-corrected chi connectivity index (χ0v) is 26.5. The van der Waals surface area contributed by atoms with Crippen molar-refractivity contribution < 1.29 is 9.59 Å². The Morgan fingerprint density at radius 2 is 1.25 bits per heavy atom. The standard InChI is InChI=1S/C19H26N2OS.C13H15BrN2O/c1-3-21(4-2)19(22)18-13-14-12-16(10-11-17(14)20-18)23-15-8-6-5-7-9-15;1-3-16(4-2)13(17)12-8-9-7-10(14)5-6-11(9)15-12/h10-13,15,20H,3-9H2,1-2H3;5-8,15H,3-4H2,1-2H3. The maximum atomic E-state index is 12.5. The Morgan fingerprint density at radius 1 is 0.750 bits per heavy atom. The van der Waals surface area contributed by atoms with Gasteiger partial charge in [0.1, 0.15) is 11.4 Å². The molecule has 0 bridgehead atoms. The zero-order valence-electron chi connectivity index (χ0n) is 24.1. The number of H-pyrrole nitrogens is 2. The van der Waals surface area contributed by atoms with Crippen molar-refractivity contribution in [3.63, 3.8) is 0 Å². The predicted octanol–water partition coefficient (Wildman–Crippen LogP) is 8.49. The molecule has 1 saturated carbocycles. The lowest BCUT2D eigenvalue weighted by molar-refractivity contribution is 0.0760. The van der Waals surface area contributed by atoms with E-state index in [0.717, 1.165) is 57.7 Å². The fourth-order valence-corrected chi connectivity index (χ4v) is 6.93.